The van der Waals surface area contributed by atoms with Gasteiger partial charge in [0.15, 0.2) is 0 Å². The van der Waals surface area contributed by atoms with Gasteiger partial charge in [-0.15, -0.1) is 0 Å². The van der Waals surface area contributed by atoms with Gasteiger partial charge in [0.2, 0.25) is 5.91 Å². The van der Waals surface area contributed by atoms with E-state index in [2.05, 4.69) is 25.0 Å². The molecule has 1 aromatic heterocycles. The summed E-state index contributed by atoms with van der Waals surface area (Å²) in [5.41, 5.74) is 1.12. The molecule has 1 aromatic rings. The molecule has 8 nitrogen and oxygen atoms in total. The molecule has 1 atom stereocenters. The van der Waals surface area contributed by atoms with Gasteiger partial charge in [-0.25, -0.2) is 9.97 Å². The molecule has 0 radical (unpaired) electrons. The molecule has 1 amide bonds. The van der Waals surface area contributed by atoms with Gasteiger partial charge in [-0.1, -0.05) is 6.42 Å². The summed E-state index contributed by atoms with van der Waals surface area (Å²) >= 11 is 0. The molecule has 4 aliphatic rings. The van der Waals surface area contributed by atoms with Gasteiger partial charge < -0.3 is 24.9 Å². The minimum Gasteiger partial charge on any atom is -0.356 e. The Hall–Kier alpha value is -1.93. The van der Waals surface area contributed by atoms with Crippen molar-refractivity contribution in [3.05, 3.63) is 11.9 Å². The molecule has 0 spiro atoms. The molecule has 0 bridgehead atoms. The van der Waals surface area contributed by atoms with Crippen LogP contribution in [-0.2, 0) is 11.3 Å². The second-order valence-corrected chi connectivity index (χ2v) is 9.34. The van der Waals surface area contributed by atoms with Crippen LogP contribution in [-0.4, -0.2) is 90.6 Å². The van der Waals surface area contributed by atoms with Gasteiger partial charge in [-0.2, -0.15) is 0 Å². The van der Waals surface area contributed by atoms with Crippen molar-refractivity contribution in [3.63, 3.8) is 0 Å². The zero-order valence-electron chi connectivity index (χ0n) is 18.2. The molecule has 3 fully saturated rings. The molecule has 5 heterocycles. The Morgan fingerprint density at radius 1 is 0.933 bits per heavy atom. The van der Waals surface area contributed by atoms with Crippen LogP contribution in [0.1, 0.15) is 44.1 Å². The SMILES string of the molecule is CN1CC(=O)N(C2CCNC2)Cc2c1ncnc2N1CCC(N2CCCCC2)CC1. The van der Waals surface area contributed by atoms with Crippen molar-refractivity contribution in [1.29, 1.82) is 0 Å². The molecule has 164 valence electrons. The molecular weight excluding hydrogens is 378 g/mol. The Bertz CT molecular complexity index is 752. The van der Waals surface area contributed by atoms with Crippen molar-refractivity contribution < 1.29 is 4.79 Å². The van der Waals surface area contributed by atoms with Gasteiger partial charge in [-0.3, -0.25) is 4.79 Å². The van der Waals surface area contributed by atoms with Crippen molar-refractivity contribution in [1.82, 2.24) is 25.1 Å². The first-order chi connectivity index (χ1) is 14.7. The van der Waals surface area contributed by atoms with E-state index in [1.807, 2.05) is 11.9 Å². The summed E-state index contributed by atoms with van der Waals surface area (Å²) < 4.78 is 0. The van der Waals surface area contributed by atoms with Crippen LogP contribution in [0, 0.1) is 0 Å². The highest BCUT2D eigenvalue weighted by molar-refractivity contribution is 5.84. The Morgan fingerprint density at radius 3 is 2.43 bits per heavy atom. The summed E-state index contributed by atoms with van der Waals surface area (Å²) in [6.07, 6.45) is 9.20. The molecule has 0 aromatic carbocycles. The lowest BCUT2D eigenvalue weighted by Gasteiger charge is -2.41. The number of likely N-dealkylation sites (tertiary alicyclic amines) is 1. The Labute approximate surface area is 179 Å². The predicted octanol–water partition coefficient (Wildman–Crippen LogP) is 1.07. The number of nitrogens with zero attached hydrogens (tertiary/aromatic N) is 6. The lowest BCUT2D eigenvalue weighted by Crippen LogP contribution is -2.47. The molecule has 8 heteroatoms. The van der Waals surface area contributed by atoms with Gasteiger partial charge in [0.25, 0.3) is 0 Å². The van der Waals surface area contributed by atoms with E-state index >= 15 is 0 Å². The summed E-state index contributed by atoms with van der Waals surface area (Å²) in [6.45, 7) is 7.48. The zero-order valence-corrected chi connectivity index (χ0v) is 18.2. The van der Waals surface area contributed by atoms with E-state index in [9.17, 15) is 4.79 Å². The quantitative estimate of drug-likeness (QED) is 0.795. The van der Waals surface area contributed by atoms with Crippen LogP contribution in [0.15, 0.2) is 6.33 Å². The molecule has 0 saturated carbocycles. The van der Waals surface area contributed by atoms with E-state index < -0.39 is 0 Å². The maximum Gasteiger partial charge on any atom is 0.242 e. The molecule has 5 rings (SSSR count). The van der Waals surface area contributed by atoms with Crippen molar-refractivity contribution >= 4 is 17.5 Å². The summed E-state index contributed by atoms with van der Waals surface area (Å²) in [5, 5.41) is 3.41. The van der Waals surface area contributed by atoms with Crippen molar-refractivity contribution in [2.75, 3.05) is 62.7 Å². The van der Waals surface area contributed by atoms with Crippen LogP contribution in [0.2, 0.25) is 0 Å². The van der Waals surface area contributed by atoms with E-state index in [4.69, 9.17) is 4.98 Å². The number of fused-ring (bicyclic) bond motifs is 1. The van der Waals surface area contributed by atoms with Crippen molar-refractivity contribution in [2.24, 2.45) is 0 Å². The topological polar surface area (TPSA) is 67.8 Å². The maximum atomic E-state index is 13.0. The second kappa shape index (κ2) is 8.67. The van der Waals surface area contributed by atoms with Crippen LogP contribution < -0.4 is 15.1 Å². The van der Waals surface area contributed by atoms with E-state index in [-0.39, 0.29) is 11.9 Å². The fourth-order valence-corrected chi connectivity index (χ4v) is 5.73. The average Bonchev–Trinajstić information content (AvgIpc) is 3.28. The number of likely N-dealkylation sites (N-methyl/N-ethyl adjacent to an activating group) is 1. The smallest absolute Gasteiger partial charge is 0.242 e. The highest BCUT2D eigenvalue weighted by atomic mass is 16.2. The monoisotopic (exact) mass is 413 g/mol. The summed E-state index contributed by atoms with van der Waals surface area (Å²) in [4.78, 5) is 31.5. The Kier molecular flexibility index (Phi) is 5.78. The third-order valence-electron chi connectivity index (χ3n) is 7.43. The first kappa shape index (κ1) is 20.0. The number of nitrogens with one attached hydrogen (secondary N) is 1. The maximum absolute atomic E-state index is 13.0. The fourth-order valence-electron chi connectivity index (χ4n) is 5.73. The first-order valence-corrected chi connectivity index (χ1v) is 11.7. The van der Waals surface area contributed by atoms with Crippen LogP contribution in [0.3, 0.4) is 0 Å². The van der Waals surface area contributed by atoms with Gasteiger partial charge in [0.05, 0.1) is 18.7 Å². The van der Waals surface area contributed by atoms with Crippen LogP contribution in [0.4, 0.5) is 11.6 Å². The summed E-state index contributed by atoms with van der Waals surface area (Å²) in [6, 6.07) is 0.988. The zero-order chi connectivity index (χ0) is 20.5. The van der Waals surface area contributed by atoms with Gasteiger partial charge in [-0.05, 0) is 51.7 Å². The van der Waals surface area contributed by atoms with Gasteiger partial charge >= 0.3 is 0 Å². The molecule has 0 aliphatic carbocycles. The molecular formula is C22H35N7O. The molecule has 30 heavy (non-hydrogen) atoms. The fraction of sp³-hybridized carbons (Fsp3) is 0.773. The minimum absolute atomic E-state index is 0.193. The van der Waals surface area contributed by atoms with Crippen molar-refractivity contribution in [3.8, 4) is 0 Å². The first-order valence-electron chi connectivity index (χ1n) is 11.7. The molecule has 1 unspecified atom stereocenters. The molecule has 1 N–H and O–H groups in total. The van der Waals surface area contributed by atoms with E-state index in [1.54, 1.807) is 6.33 Å². The summed E-state index contributed by atoms with van der Waals surface area (Å²) in [5.74, 6) is 2.15. The highest BCUT2D eigenvalue weighted by Gasteiger charge is 2.34. The number of piperidine rings is 2. The number of amides is 1. The molecule has 4 aliphatic heterocycles. The number of aromatic nitrogens is 2. The normalized spacial score (nSPS) is 26.8. The van der Waals surface area contributed by atoms with E-state index in [0.717, 1.165) is 49.8 Å². The number of anilines is 2. The largest absolute Gasteiger partial charge is 0.356 e. The van der Waals surface area contributed by atoms with E-state index in [1.165, 1.54) is 45.2 Å². The van der Waals surface area contributed by atoms with Crippen molar-refractivity contribution in [2.45, 2.75) is 57.2 Å². The highest BCUT2D eigenvalue weighted by Crippen LogP contribution is 2.33. The summed E-state index contributed by atoms with van der Waals surface area (Å²) in [7, 11) is 1.98. The van der Waals surface area contributed by atoms with Gasteiger partial charge in [0.1, 0.15) is 18.0 Å². The van der Waals surface area contributed by atoms with Crippen LogP contribution in [0.5, 0.6) is 0 Å². The third-order valence-corrected chi connectivity index (χ3v) is 7.43. The van der Waals surface area contributed by atoms with Gasteiger partial charge in [0, 0.05) is 38.8 Å². The number of carbonyl (C=O) groups is 1. The Balaban J connectivity index is 1.36. The van der Waals surface area contributed by atoms with Crippen LogP contribution in [0.25, 0.3) is 0 Å². The average molecular weight is 414 g/mol. The third kappa shape index (κ3) is 3.87. The Morgan fingerprint density at radius 2 is 1.70 bits per heavy atom. The minimum atomic E-state index is 0.193. The van der Waals surface area contributed by atoms with Crippen LogP contribution >= 0.6 is 0 Å². The number of hydrogen-bond acceptors (Lipinski definition) is 7. The second-order valence-electron chi connectivity index (χ2n) is 9.34. The number of hydrogen-bond donors (Lipinski definition) is 1. The lowest BCUT2D eigenvalue weighted by molar-refractivity contribution is -0.132. The number of rotatable bonds is 3. The predicted molar refractivity (Wildman–Crippen MR) is 118 cm³/mol. The molecule has 3 saturated heterocycles. The standard InChI is InChI=1S/C22H35N7O/c1-26-15-20(30)29(18-5-8-23-13-18)14-19-21(26)24-16-25-22(19)28-11-6-17(7-12-28)27-9-3-2-4-10-27/h16-18,23H,2-15H2,1H3. The van der Waals surface area contributed by atoms with E-state index in [0.29, 0.717) is 19.1 Å². The number of carbonyl (C=O) groups excluding carboxylic acids is 1. The lowest BCUT2D eigenvalue weighted by atomic mass is 9.99.